The highest BCUT2D eigenvalue weighted by Gasteiger charge is 2.10. The molecule has 20 heavy (non-hydrogen) atoms. The molecule has 1 aromatic heterocycles. The van der Waals surface area contributed by atoms with E-state index in [1.807, 2.05) is 12.3 Å². The molecule has 0 saturated heterocycles. The SMILES string of the molecule is CCc1cccnc1CNC(C)c1ccc(F)cc1Br. The lowest BCUT2D eigenvalue weighted by atomic mass is 10.1. The van der Waals surface area contributed by atoms with E-state index in [1.54, 1.807) is 6.07 Å². The summed E-state index contributed by atoms with van der Waals surface area (Å²) < 4.78 is 13.9. The molecule has 1 aromatic carbocycles. The fraction of sp³-hybridized carbons (Fsp3) is 0.312. The van der Waals surface area contributed by atoms with Gasteiger partial charge in [-0.2, -0.15) is 0 Å². The number of aryl methyl sites for hydroxylation is 1. The van der Waals surface area contributed by atoms with Crippen molar-refractivity contribution in [1.82, 2.24) is 10.3 Å². The molecule has 0 saturated carbocycles. The first-order valence-corrected chi connectivity index (χ1v) is 7.52. The van der Waals surface area contributed by atoms with Crippen LogP contribution in [0.1, 0.15) is 36.7 Å². The first-order valence-electron chi connectivity index (χ1n) is 6.73. The third-order valence-corrected chi connectivity index (χ3v) is 4.06. The van der Waals surface area contributed by atoms with Gasteiger partial charge >= 0.3 is 0 Å². The molecule has 0 amide bonds. The van der Waals surface area contributed by atoms with E-state index in [4.69, 9.17) is 0 Å². The summed E-state index contributed by atoms with van der Waals surface area (Å²) in [6.45, 7) is 4.89. The van der Waals surface area contributed by atoms with Crippen molar-refractivity contribution in [2.75, 3.05) is 0 Å². The molecule has 0 radical (unpaired) electrons. The number of aromatic nitrogens is 1. The van der Waals surface area contributed by atoms with Gasteiger partial charge in [0, 0.05) is 23.3 Å². The minimum atomic E-state index is -0.231. The quantitative estimate of drug-likeness (QED) is 0.875. The number of halogens is 2. The molecule has 0 bridgehead atoms. The Hall–Kier alpha value is -1.26. The van der Waals surface area contributed by atoms with Crippen molar-refractivity contribution >= 4 is 15.9 Å². The maximum Gasteiger partial charge on any atom is 0.124 e. The molecule has 1 heterocycles. The second kappa shape index (κ2) is 6.95. The monoisotopic (exact) mass is 336 g/mol. The molecular formula is C16H18BrFN2. The normalized spacial score (nSPS) is 12.4. The Labute approximate surface area is 127 Å². The first-order chi connectivity index (χ1) is 9.61. The molecule has 1 atom stereocenters. The minimum absolute atomic E-state index is 0.122. The standard InChI is InChI=1S/C16H18BrFN2/c1-3-12-5-4-8-19-16(12)10-20-11(2)14-7-6-13(18)9-15(14)17/h4-9,11,20H,3,10H2,1-2H3. The van der Waals surface area contributed by atoms with Crippen LogP contribution in [0.3, 0.4) is 0 Å². The van der Waals surface area contributed by atoms with Crippen LogP contribution in [0.2, 0.25) is 0 Å². The second-order valence-corrected chi connectivity index (χ2v) is 5.59. The van der Waals surface area contributed by atoms with Gasteiger partial charge in [-0.25, -0.2) is 4.39 Å². The average molecular weight is 337 g/mol. The summed E-state index contributed by atoms with van der Waals surface area (Å²) in [6, 6.07) is 8.96. The molecule has 106 valence electrons. The summed E-state index contributed by atoms with van der Waals surface area (Å²) in [5, 5.41) is 3.44. The summed E-state index contributed by atoms with van der Waals surface area (Å²) in [4.78, 5) is 4.42. The van der Waals surface area contributed by atoms with Crippen molar-refractivity contribution in [3.63, 3.8) is 0 Å². The zero-order chi connectivity index (χ0) is 14.5. The molecular weight excluding hydrogens is 319 g/mol. The fourth-order valence-electron chi connectivity index (χ4n) is 2.16. The van der Waals surface area contributed by atoms with Crippen LogP contribution in [0.5, 0.6) is 0 Å². The van der Waals surface area contributed by atoms with Crippen molar-refractivity contribution in [2.45, 2.75) is 32.9 Å². The maximum absolute atomic E-state index is 13.1. The lowest BCUT2D eigenvalue weighted by Crippen LogP contribution is -2.20. The Kier molecular flexibility index (Phi) is 5.26. The van der Waals surface area contributed by atoms with Crippen molar-refractivity contribution in [3.8, 4) is 0 Å². The first kappa shape index (κ1) is 15.1. The van der Waals surface area contributed by atoms with Gasteiger partial charge in [0.15, 0.2) is 0 Å². The summed E-state index contributed by atoms with van der Waals surface area (Å²) in [5.74, 6) is -0.231. The highest BCUT2D eigenvalue weighted by Crippen LogP contribution is 2.24. The maximum atomic E-state index is 13.1. The molecule has 1 unspecified atom stereocenters. The number of pyridine rings is 1. The smallest absolute Gasteiger partial charge is 0.124 e. The Morgan fingerprint density at radius 1 is 1.35 bits per heavy atom. The van der Waals surface area contributed by atoms with Gasteiger partial charge in [0.25, 0.3) is 0 Å². The number of rotatable bonds is 5. The minimum Gasteiger partial charge on any atom is -0.305 e. The average Bonchev–Trinajstić information content (AvgIpc) is 2.45. The Balaban J connectivity index is 2.06. The van der Waals surface area contributed by atoms with Gasteiger partial charge in [0.2, 0.25) is 0 Å². The summed E-state index contributed by atoms with van der Waals surface area (Å²) in [6.07, 6.45) is 2.79. The van der Waals surface area contributed by atoms with Crippen LogP contribution in [0, 0.1) is 5.82 Å². The Morgan fingerprint density at radius 3 is 2.85 bits per heavy atom. The fourth-order valence-corrected chi connectivity index (χ4v) is 2.86. The van der Waals surface area contributed by atoms with E-state index >= 15 is 0 Å². The van der Waals surface area contributed by atoms with Gasteiger partial charge in [0.1, 0.15) is 5.82 Å². The second-order valence-electron chi connectivity index (χ2n) is 4.73. The molecule has 0 fully saturated rings. The predicted molar refractivity (Wildman–Crippen MR) is 83.0 cm³/mol. The van der Waals surface area contributed by atoms with E-state index in [9.17, 15) is 4.39 Å². The molecule has 2 nitrogen and oxygen atoms in total. The zero-order valence-electron chi connectivity index (χ0n) is 11.7. The third-order valence-electron chi connectivity index (χ3n) is 3.37. The zero-order valence-corrected chi connectivity index (χ0v) is 13.2. The topological polar surface area (TPSA) is 24.9 Å². The molecule has 0 aliphatic heterocycles. The number of hydrogen-bond acceptors (Lipinski definition) is 2. The predicted octanol–water partition coefficient (Wildman–Crippen LogP) is 4.40. The van der Waals surface area contributed by atoms with Gasteiger partial charge in [-0.05, 0) is 42.7 Å². The van der Waals surface area contributed by atoms with Crippen LogP contribution in [-0.4, -0.2) is 4.98 Å². The molecule has 2 rings (SSSR count). The molecule has 0 aliphatic carbocycles. The summed E-state index contributed by atoms with van der Waals surface area (Å²) >= 11 is 3.41. The van der Waals surface area contributed by atoms with Gasteiger partial charge in [0.05, 0.1) is 5.69 Å². The number of nitrogens with one attached hydrogen (secondary N) is 1. The van der Waals surface area contributed by atoms with E-state index in [0.717, 1.165) is 22.2 Å². The highest BCUT2D eigenvalue weighted by atomic mass is 79.9. The van der Waals surface area contributed by atoms with Crippen molar-refractivity contribution < 1.29 is 4.39 Å². The highest BCUT2D eigenvalue weighted by molar-refractivity contribution is 9.10. The van der Waals surface area contributed by atoms with Gasteiger partial charge in [-0.3, -0.25) is 4.98 Å². The summed E-state index contributed by atoms with van der Waals surface area (Å²) in [7, 11) is 0. The van der Waals surface area contributed by atoms with E-state index in [1.165, 1.54) is 17.7 Å². The molecule has 1 N–H and O–H groups in total. The van der Waals surface area contributed by atoms with E-state index < -0.39 is 0 Å². The third kappa shape index (κ3) is 3.64. The lowest BCUT2D eigenvalue weighted by molar-refractivity contribution is 0.560. The van der Waals surface area contributed by atoms with Crippen molar-refractivity contribution in [3.05, 3.63) is 63.6 Å². The molecule has 4 heteroatoms. The lowest BCUT2D eigenvalue weighted by Gasteiger charge is -2.16. The largest absolute Gasteiger partial charge is 0.305 e. The summed E-state index contributed by atoms with van der Waals surface area (Å²) in [5.41, 5.74) is 3.37. The molecule has 2 aromatic rings. The van der Waals surface area contributed by atoms with Crippen LogP contribution in [0.25, 0.3) is 0 Å². The number of hydrogen-bond donors (Lipinski definition) is 1. The van der Waals surface area contributed by atoms with Gasteiger partial charge in [-0.15, -0.1) is 0 Å². The van der Waals surface area contributed by atoms with Crippen LogP contribution < -0.4 is 5.32 Å². The van der Waals surface area contributed by atoms with Crippen molar-refractivity contribution in [1.29, 1.82) is 0 Å². The van der Waals surface area contributed by atoms with E-state index in [0.29, 0.717) is 6.54 Å². The van der Waals surface area contributed by atoms with E-state index in [2.05, 4.69) is 46.1 Å². The van der Waals surface area contributed by atoms with Gasteiger partial charge in [-0.1, -0.05) is 35.0 Å². The number of nitrogens with zero attached hydrogens (tertiary/aromatic N) is 1. The van der Waals surface area contributed by atoms with Crippen molar-refractivity contribution in [2.24, 2.45) is 0 Å². The number of benzene rings is 1. The Morgan fingerprint density at radius 2 is 2.15 bits per heavy atom. The van der Waals surface area contributed by atoms with E-state index in [-0.39, 0.29) is 11.9 Å². The van der Waals surface area contributed by atoms with Crippen LogP contribution in [0.15, 0.2) is 41.0 Å². The Bertz CT molecular complexity index is 586. The van der Waals surface area contributed by atoms with Crippen LogP contribution in [0.4, 0.5) is 4.39 Å². The molecule has 0 aliphatic rings. The van der Waals surface area contributed by atoms with Crippen LogP contribution in [-0.2, 0) is 13.0 Å². The van der Waals surface area contributed by atoms with Gasteiger partial charge < -0.3 is 5.32 Å². The molecule has 0 spiro atoms. The van der Waals surface area contributed by atoms with Crippen LogP contribution >= 0.6 is 15.9 Å².